The van der Waals surface area contributed by atoms with Crippen LogP contribution in [0.2, 0.25) is 0 Å². The van der Waals surface area contributed by atoms with E-state index in [1.54, 1.807) is 0 Å². The molecule has 2 aromatic carbocycles. The van der Waals surface area contributed by atoms with Gasteiger partial charge in [0.15, 0.2) is 0 Å². The summed E-state index contributed by atoms with van der Waals surface area (Å²) >= 11 is 0. The molecule has 0 radical (unpaired) electrons. The van der Waals surface area contributed by atoms with E-state index in [9.17, 15) is 0 Å². The molecule has 0 spiro atoms. The Kier molecular flexibility index (Phi) is 4.83. The molecule has 2 rings (SSSR count). The maximum Gasteiger partial charge on any atom is 0.127 e. The van der Waals surface area contributed by atoms with Crippen molar-refractivity contribution < 1.29 is 4.74 Å². The summed E-state index contributed by atoms with van der Waals surface area (Å²) in [5.41, 5.74) is 0. The Morgan fingerprint density at radius 1 is 0.944 bits per heavy atom. The van der Waals surface area contributed by atoms with Crippen LogP contribution in [0.4, 0.5) is 0 Å². The molecule has 1 nitrogen and oxygen atoms in total. The third kappa shape index (κ3) is 3.36. The van der Waals surface area contributed by atoms with Gasteiger partial charge in [-0.05, 0) is 37.1 Å². The molecule has 0 aliphatic heterocycles. The monoisotopic (exact) mass is 240 g/mol. The van der Waals surface area contributed by atoms with Gasteiger partial charge in [-0.2, -0.15) is 0 Å². The molecule has 0 unspecified atom stereocenters. The second kappa shape index (κ2) is 6.85. The molecule has 1 heteroatoms. The lowest BCUT2D eigenvalue weighted by atomic mass is 10.1. The number of unbranched alkanes of at least 4 members (excludes halogenated alkanes) is 3. The summed E-state index contributed by atoms with van der Waals surface area (Å²) in [6.45, 7) is 4.53. The van der Waals surface area contributed by atoms with Gasteiger partial charge in [-0.15, -0.1) is 6.58 Å². The summed E-state index contributed by atoms with van der Waals surface area (Å²) in [7, 11) is 0. The molecule has 0 amide bonds. The molecule has 94 valence electrons. The molecule has 0 N–H and O–H groups in total. The zero-order valence-corrected chi connectivity index (χ0v) is 10.8. The number of ether oxygens (including phenoxy) is 1. The van der Waals surface area contributed by atoms with Crippen LogP contribution in [0.5, 0.6) is 5.75 Å². The van der Waals surface area contributed by atoms with Crippen LogP contribution >= 0.6 is 0 Å². The lowest BCUT2D eigenvalue weighted by molar-refractivity contribution is 0.309. The number of hydrogen-bond acceptors (Lipinski definition) is 1. The molecule has 0 fully saturated rings. The van der Waals surface area contributed by atoms with Crippen LogP contribution in [0.25, 0.3) is 10.8 Å². The SMILES string of the molecule is C=CCCCCCOc1cccc2ccccc12. The molecule has 0 aliphatic carbocycles. The van der Waals surface area contributed by atoms with E-state index in [1.165, 1.54) is 23.6 Å². The van der Waals surface area contributed by atoms with E-state index in [1.807, 2.05) is 12.1 Å². The van der Waals surface area contributed by atoms with Crippen LogP contribution in [-0.4, -0.2) is 6.61 Å². The third-order valence-electron chi connectivity index (χ3n) is 3.06. The summed E-state index contributed by atoms with van der Waals surface area (Å²) in [4.78, 5) is 0. The van der Waals surface area contributed by atoms with E-state index < -0.39 is 0 Å². The van der Waals surface area contributed by atoms with Crippen LogP contribution in [0.1, 0.15) is 25.7 Å². The summed E-state index contributed by atoms with van der Waals surface area (Å²) in [5, 5.41) is 2.44. The lowest BCUT2D eigenvalue weighted by Gasteiger charge is -2.09. The van der Waals surface area contributed by atoms with Gasteiger partial charge in [0.2, 0.25) is 0 Å². The fourth-order valence-electron chi connectivity index (χ4n) is 2.07. The zero-order valence-electron chi connectivity index (χ0n) is 10.8. The van der Waals surface area contributed by atoms with Gasteiger partial charge in [0.25, 0.3) is 0 Å². The van der Waals surface area contributed by atoms with E-state index in [-0.39, 0.29) is 0 Å². The highest BCUT2D eigenvalue weighted by Gasteiger charge is 2.00. The van der Waals surface area contributed by atoms with E-state index in [0.29, 0.717) is 0 Å². The summed E-state index contributed by atoms with van der Waals surface area (Å²) in [6, 6.07) is 14.6. The molecule has 0 saturated carbocycles. The minimum Gasteiger partial charge on any atom is -0.493 e. The largest absolute Gasteiger partial charge is 0.493 e. The van der Waals surface area contributed by atoms with Gasteiger partial charge in [0, 0.05) is 5.39 Å². The van der Waals surface area contributed by atoms with E-state index in [2.05, 4.69) is 43.0 Å². The smallest absolute Gasteiger partial charge is 0.127 e. The minimum atomic E-state index is 0.797. The van der Waals surface area contributed by atoms with Crippen molar-refractivity contribution in [2.75, 3.05) is 6.61 Å². The highest BCUT2D eigenvalue weighted by atomic mass is 16.5. The van der Waals surface area contributed by atoms with E-state index in [0.717, 1.165) is 25.2 Å². The Bertz CT molecular complexity index is 496. The second-order valence-electron chi connectivity index (χ2n) is 4.46. The van der Waals surface area contributed by atoms with Gasteiger partial charge in [-0.3, -0.25) is 0 Å². The molecule has 0 atom stereocenters. The molecule has 18 heavy (non-hydrogen) atoms. The number of rotatable bonds is 7. The van der Waals surface area contributed by atoms with Gasteiger partial charge >= 0.3 is 0 Å². The molecule has 0 saturated heterocycles. The predicted molar refractivity (Wildman–Crippen MR) is 78.1 cm³/mol. The Hall–Kier alpha value is -1.76. The Labute approximate surface area is 109 Å². The average Bonchev–Trinajstić information content (AvgIpc) is 2.43. The van der Waals surface area contributed by atoms with Crippen molar-refractivity contribution in [1.29, 1.82) is 0 Å². The maximum atomic E-state index is 5.87. The van der Waals surface area contributed by atoms with Gasteiger partial charge in [-0.1, -0.05) is 42.5 Å². The minimum absolute atomic E-state index is 0.797. The fourth-order valence-corrected chi connectivity index (χ4v) is 2.07. The molecule has 0 aliphatic rings. The Morgan fingerprint density at radius 3 is 2.67 bits per heavy atom. The lowest BCUT2D eigenvalue weighted by Crippen LogP contribution is -1.97. The van der Waals surface area contributed by atoms with E-state index >= 15 is 0 Å². The molecule has 0 aromatic heterocycles. The second-order valence-corrected chi connectivity index (χ2v) is 4.46. The molecule has 0 heterocycles. The Morgan fingerprint density at radius 2 is 1.78 bits per heavy atom. The van der Waals surface area contributed by atoms with Crippen LogP contribution in [-0.2, 0) is 0 Å². The van der Waals surface area contributed by atoms with Gasteiger partial charge in [-0.25, -0.2) is 0 Å². The number of allylic oxidation sites excluding steroid dienone is 1. The third-order valence-corrected chi connectivity index (χ3v) is 3.06. The molecular weight excluding hydrogens is 220 g/mol. The van der Waals surface area contributed by atoms with Gasteiger partial charge in [0.1, 0.15) is 5.75 Å². The number of fused-ring (bicyclic) bond motifs is 1. The van der Waals surface area contributed by atoms with Crippen molar-refractivity contribution in [2.45, 2.75) is 25.7 Å². The summed E-state index contributed by atoms with van der Waals surface area (Å²) in [5.74, 6) is 0.997. The Balaban J connectivity index is 1.89. The standard InChI is InChI=1S/C17H20O/c1-2-3-4-5-8-14-18-17-13-9-11-15-10-6-7-12-16(15)17/h2,6-7,9-13H,1,3-5,8,14H2. The summed E-state index contributed by atoms with van der Waals surface area (Å²) < 4.78 is 5.87. The highest BCUT2D eigenvalue weighted by Crippen LogP contribution is 2.25. The van der Waals surface area contributed by atoms with Gasteiger partial charge in [0.05, 0.1) is 6.61 Å². The maximum absolute atomic E-state index is 5.87. The van der Waals surface area contributed by atoms with Crippen LogP contribution < -0.4 is 4.74 Å². The van der Waals surface area contributed by atoms with E-state index in [4.69, 9.17) is 4.74 Å². The first kappa shape index (κ1) is 12.7. The van der Waals surface area contributed by atoms with Crippen molar-refractivity contribution in [3.63, 3.8) is 0 Å². The van der Waals surface area contributed by atoms with Crippen LogP contribution in [0, 0.1) is 0 Å². The average molecular weight is 240 g/mol. The molecule has 0 bridgehead atoms. The van der Waals surface area contributed by atoms with Crippen molar-refractivity contribution in [3.8, 4) is 5.75 Å². The summed E-state index contributed by atoms with van der Waals surface area (Å²) in [6.07, 6.45) is 6.61. The van der Waals surface area contributed by atoms with Crippen LogP contribution in [0.3, 0.4) is 0 Å². The van der Waals surface area contributed by atoms with Crippen molar-refractivity contribution in [2.24, 2.45) is 0 Å². The highest BCUT2D eigenvalue weighted by molar-refractivity contribution is 5.88. The predicted octanol–water partition coefficient (Wildman–Crippen LogP) is 4.97. The first-order valence-corrected chi connectivity index (χ1v) is 6.63. The zero-order chi connectivity index (χ0) is 12.6. The molecular formula is C17H20O. The number of hydrogen-bond donors (Lipinski definition) is 0. The quantitative estimate of drug-likeness (QED) is 0.490. The first-order valence-electron chi connectivity index (χ1n) is 6.63. The topological polar surface area (TPSA) is 9.23 Å². The first-order chi connectivity index (χ1) is 8.92. The fraction of sp³-hybridized carbons (Fsp3) is 0.294. The van der Waals surface area contributed by atoms with Gasteiger partial charge < -0.3 is 4.74 Å². The normalized spacial score (nSPS) is 10.4. The number of benzene rings is 2. The van der Waals surface area contributed by atoms with Crippen molar-refractivity contribution >= 4 is 10.8 Å². The van der Waals surface area contributed by atoms with Crippen molar-refractivity contribution in [1.82, 2.24) is 0 Å². The van der Waals surface area contributed by atoms with Crippen molar-refractivity contribution in [3.05, 3.63) is 55.1 Å². The van der Waals surface area contributed by atoms with Crippen LogP contribution in [0.15, 0.2) is 55.1 Å². The molecule has 2 aromatic rings.